The number of carbonyl (C=O) groups excluding carboxylic acids is 1. The average Bonchev–Trinajstić information content (AvgIpc) is 3.49. The number of carbonyl (C=O) groups is 1. The molecule has 0 radical (unpaired) electrons. The summed E-state index contributed by atoms with van der Waals surface area (Å²) >= 11 is 1.79. The Morgan fingerprint density at radius 2 is 1.90 bits per heavy atom. The highest BCUT2D eigenvalue weighted by molar-refractivity contribution is 7.09. The molecule has 30 heavy (non-hydrogen) atoms. The van der Waals surface area contributed by atoms with Gasteiger partial charge in [-0.25, -0.2) is 4.39 Å². The van der Waals surface area contributed by atoms with Gasteiger partial charge in [-0.1, -0.05) is 31.0 Å². The lowest BCUT2D eigenvalue weighted by molar-refractivity contribution is -0.137. The maximum Gasteiger partial charge on any atom is 0.225 e. The van der Waals surface area contributed by atoms with Gasteiger partial charge in [0.05, 0.1) is 0 Å². The van der Waals surface area contributed by atoms with Crippen LogP contribution in [0.15, 0.2) is 41.8 Å². The fraction of sp³-hybridized carbons (Fsp3) is 0.560. The zero-order valence-corrected chi connectivity index (χ0v) is 18.9. The van der Waals surface area contributed by atoms with Crippen molar-refractivity contribution in [2.45, 2.75) is 58.0 Å². The molecule has 1 saturated carbocycles. The van der Waals surface area contributed by atoms with Crippen LogP contribution in [0, 0.1) is 17.7 Å². The van der Waals surface area contributed by atoms with E-state index in [0.29, 0.717) is 17.7 Å². The molecule has 0 bridgehead atoms. The molecule has 4 rings (SSSR count). The molecule has 1 aromatic heterocycles. The smallest absolute Gasteiger partial charge is 0.225 e. The van der Waals surface area contributed by atoms with Gasteiger partial charge in [0.25, 0.3) is 0 Å². The Bertz CT molecular complexity index is 814. The Morgan fingerprint density at radius 3 is 2.53 bits per heavy atom. The molecule has 2 atom stereocenters. The molecule has 2 aromatic rings. The first kappa shape index (κ1) is 21.5. The Kier molecular flexibility index (Phi) is 6.89. The maximum atomic E-state index is 13.5. The molecule has 1 saturated heterocycles. The minimum Gasteiger partial charge on any atom is -0.340 e. The predicted octanol–water partition coefficient (Wildman–Crippen LogP) is 5.53. The Labute approximate surface area is 183 Å². The van der Waals surface area contributed by atoms with Crippen molar-refractivity contribution < 1.29 is 9.18 Å². The molecule has 5 heteroatoms. The third kappa shape index (κ3) is 4.94. The van der Waals surface area contributed by atoms with Crippen molar-refractivity contribution >= 4 is 17.2 Å². The molecule has 1 amide bonds. The van der Waals surface area contributed by atoms with Gasteiger partial charge in [-0.15, -0.1) is 11.3 Å². The molecule has 162 valence electrons. The summed E-state index contributed by atoms with van der Waals surface area (Å²) < 4.78 is 13.5. The molecule has 2 fully saturated rings. The van der Waals surface area contributed by atoms with Gasteiger partial charge in [0.15, 0.2) is 0 Å². The van der Waals surface area contributed by atoms with Gasteiger partial charge < -0.3 is 4.90 Å². The second kappa shape index (κ2) is 9.61. The summed E-state index contributed by atoms with van der Waals surface area (Å²) in [6.07, 6.45) is 4.44. The number of hydrogen-bond donors (Lipinski definition) is 0. The van der Waals surface area contributed by atoms with Crippen molar-refractivity contribution in [3.05, 3.63) is 58.0 Å². The van der Waals surface area contributed by atoms with Crippen LogP contribution in [-0.2, 0) is 11.3 Å². The summed E-state index contributed by atoms with van der Waals surface area (Å²) in [7, 11) is 0. The zero-order chi connectivity index (χ0) is 21.1. The minimum atomic E-state index is -0.191. The Balaban J connectivity index is 1.53. The number of amides is 1. The van der Waals surface area contributed by atoms with E-state index in [2.05, 4.69) is 41.2 Å². The van der Waals surface area contributed by atoms with Gasteiger partial charge in [0.1, 0.15) is 5.82 Å². The van der Waals surface area contributed by atoms with E-state index in [4.69, 9.17) is 0 Å². The molecular weight excluding hydrogens is 395 g/mol. The molecule has 2 aliphatic rings. The highest BCUT2D eigenvalue weighted by Gasteiger charge is 2.37. The fourth-order valence-electron chi connectivity index (χ4n) is 5.20. The molecule has 1 aromatic carbocycles. The molecule has 2 unspecified atom stereocenters. The van der Waals surface area contributed by atoms with Gasteiger partial charge in [0, 0.05) is 48.9 Å². The van der Waals surface area contributed by atoms with E-state index in [-0.39, 0.29) is 17.8 Å². The van der Waals surface area contributed by atoms with Crippen molar-refractivity contribution in [2.24, 2.45) is 11.8 Å². The lowest BCUT2D eigenvalue weighted by atomic mass is 9.88. The topological polar surface area (TPSA) is 23.6 Å². The van der Waals surface area contributed by atoms with Gasteiger partial charge in [-0.3, -0.25) is 9.69 Å². The van der Waals surface area contributed by atoms with Crippen molar-refractivity contribution in [3.8, 4) is 0 Å². The largest absolute Gasteiger partial charge is 0.340 e. The van der Waals surface area contributed by atoms with Crippen LogP contribution in [0.5, 0.6) is 0 Å². The summed E-state index contributed by atoms with van der Waals surface area (Å²) in [4.78, 5) is 19.3. The van der Waals surface area contributed by atoms with Crippen LogP contribution in [0.2, 0.25) is 0 Å². The lowest BCUT2D eigenvalue weighted by Gasteiger charge is -2.33. The number of hydrogen-bond acceptors (Lipinski definition) is 3. The molecule has 3 nitrogen and oxygen atoms in total. The van der Waals surface area contributed by atoms with Crippen molar-refractivity contribution in [1.82, 2.24) is 9.80 Å². The van der Waals surface area contributed by atoms with Crippen LogP contribution in [0.3, 0.4) is 0 Å². The second-order valence-electron chi connectivity index (χ2n) is 9.26. The normalized spacial score (nSPS) is 22.8. The van der Waals surface area contributed by atoms with E-state index in [1.165, 1.54) is 23.3 Å². The van der Waals surface area contributed by atoms with E-state index in [1.54, 1.807) is 23.5 Å². The second-order valence-corrected chi connectivity index (χ2v) is 10.3. The van der Waals surface area contributed by atoms with Gasteiger partial charge in [-0.2, -0.15) is 0 Å². The SMILES string of the molecule is CC(C)N(CC1CN(Cc2cccs2)CC1c1ccc(F)cc1)C(=O)C1CCCC1. The van der Waals surface area contributed by atoms with Gasteiger partial charge in [-0.05, 0) is 61.7 Å². The van der Waals surface area contributed by atoms with E-state index < -0.39 is 0 Å². The molecule has 1 aliphatic heterocycles. The molecule has 1 aliphatic carbocycles. The van der Waals surface area contributed by atoms with E-state index in [0.717, 1.165) is 39.0 Å². The van der Waals surface area contributed by atoms with Crippen LogP contribution >= 0.6 is 11.3 Å². The summed E-state index contributed by atoms with van der Waals surface area (Å²) in [5.41, 5.74) is 1.19. The standard InChI is InChI=1S/C25H33FN2OS/c1-18(2)28(25(29)20-6-3-4-7-20)15-21-14-27(16-23-8-5-13-30-23)17-24(21)19-9-11-22(26)12-10-19/h5,8-13,18,20-21,24H,3-4,6-7,14-17H2,1-2H3. The highest BCUT2D eigenvalue weighted by Crippen LogP contribution is 2.36. The third-order valence-corrected chi connectivity index (χ3v) is 7.68. The van der Waals surface area contributed by atoms with E-state index in [9.17, 15) is 9.18 Å². The Morgan fingerprint density at radius 1 is 1.17 bits per heavy atom. The number of nitrogens with zero attached hydrogens (tertiary/aromatic N) is 2. The quantitative estimate of drug-likeness (QED) is 0.579. The zero-order valence-electron chi connectivity index (χ0n) is 18.1. The molecule has 0 spiro atoms. The number of thiophene rings is 1. The monoisotopic (exact) mass is 428 g/mol. The Hall–Kier alpha value is -1.72. The van der Waals surface area contributed by atoms with E-state index in [1.807, 2.05) is 12.1 Å². The first-order valence-electron chi connectivity index (χ1n) is 11.3. The highest BCUT2D eigenvalue weighted by atomic mass is 32.1. The first-order valence-corrected chi connectivity index (χ1v) is 12.2. The third-order valence-electron chi connectivity index (χ3n) is 6.82. The van der Waals surface area contributed by atoms with Crippen LogP contribution in [0.4, 0.5) is 4.39 Å². The van der Waals surface area contributed by atoms with Gasteiger partial charge in [0.2, 0.25) is 5.91 Å². The average molecular weight is 429 g/mol. The number of halogens is 1. The lowest BCUT2D eigenvalue weighted by Crippen LogP contribution is -2.44. The summed E-state index contributed by atoms with van der Waals surface area (Å²) in [6, 6.07) is 11.5. The van der Waals surface area contributed by atoms with Crippen molar-refractivity contribution in [3.63, 3.8) is 0 Å². The van der Waals surface area contributed by atoms with Crippen LogP contribution in [0.25, 0.3) is 0 Å². The summed E-state index contributed by atoms with van der Waals surface area (Å²) in [5, 5.41) is 2.13. The van der Waals surface area contributed by atoms with Crippen LogP contribution in [-0.4, -0.2) is 41.4 Å². The fourth-order valence-corrected chi connectivity index (χ4v) is 5.95. The number of likely N-dealkylation sites (tertiary alicyclic amines) is 1. The van der Waals surface area contributed by atoms with Gasteiger partial charge >= 0.3 is 0 Å². The first-order chi connectivity index (χ1) is 14.5. The minimum absolute atomic E-state index is 0.191. The maximum absolute atomic E-state index is 13.5. The van der Waals surface area contributed by atoms with Crippen LogP contribution in [0.1, 0.15) is 55.9 Å². The summed E-state index contributed by atoms with van der Waals surface area (Å²) in [6.45, 7) is 7.94. The number of rotatable bonds is 7. The van der Waals surface area contributed by atoms with E-state index >= 15 is 0 Å². The van der Waals surface area contributed by atoms with Crippen molar-refractivity contribution in [2.75, 3.05) is 19.6 Å². The molecule has 0 N–H and O–H groups in total. The van der Waals surface area contributed by atoms with Crippen LogP contribution < -0.4 is 0 Å². The summed E-state index contributed by atoms with van der Waals surface area (Å²) in [5.74, 6) is 1.05. The number of benzene rings is 1. The predicted molar refractivity (Wildman–Crippen MR) is 121 cm³/mol. The van der Waals surface area contributed by atoms with Crippen molar-refractivity contribution in [1.29, 1.82) is 0 Å². The molecular formula is C25H33FN2OS. The molecule has 2 heterocycles.